The van der Waals surface area contributed by atoms with Gasteiger partial charge in [-0.3, -0.25) is 4.79 Å². The van der Waals surface area contributed by atoms with E-state index in [1.807, 2.05) is 30.1 Å². The van der Waals surface area contributed by atoms with Crippen LogP contribution in [0, 0.1) is 5.92 Å². The molecule has 1 amide bonds. The van der Waals surface area contributed by atoms with Crippen LogP contribution in [0.25, 0.3) is 0 Å². The number of hydrogen-bond acceptors (Lipinski definition) is 1. The standard InChI is InChI=1S/C12H13Br2NO/c1-15(7-8-2-3-8)12(16)10-5-4-9(13)6-11(10)14/h4-6,8H,2-3,7H2,1H3. The molecule has 2 rings (SSSR count). The third-order valence-corrected chi connectivity index (χ3v) is 3.89. The van der Waals surface area contributed by atoms with E-state index in [0.717, 1.165) is 27.0 Å². The monoisotopic (exact) mass is 345 g/mol. The van der Waals surface area contributed by atoms with Crippen molar-refractivity contribution in [2.45, 2.75) is 12.8 Å². The van der Waals surface area contributed by atoms with E-state index in [0.29, 0.717) is 0 Å². The fraction of sp³-hybridized carbons (Fsp3) is 0.417. The number of rotatable bonds is 3. The molecule has 0 aromatic heterocycles. The number of carbonyl (C=O) groups excluding carboxylic acids is 1. The van der Waals surface area contributed by atoms with Gasteiger partial charge in [0.2, 0.25) is 0 Å². The Hall–Kier alpha value is -0.350. The summed E-state index contributed by atoms with van der Waals surface area (Å²) in [7, 11) is 1.87. The molecule has 0 saturated heterocycles. The van der Waals surface area contributed by atoms with Gasteiger partial charge in [0.05, 0.1) is 5.56 Å². The van der Waals surface area contributed by atoms with Crippen LogP contribution < -0.4 is 0 Å². The molecular formula is C12H13Br2NO. The lowest BCUT2D eigenvalue weighted by Crippen LogP contribution is -2.28. The predicted octanol–water partition coefficient (Wildman–Crippen LogP) is 3.69. The number of hydrogen-bond donors (Lipinski definition) is 0. The highest BCUT2D eigenvalue weighted by atomic mass is 79.9. The molecule has 1 aliphatic rings. The third kappa shape index (κ3) is 2.86. The zero-order valence-electron chi connectivity index (χ0n) is 9.04. The summed E-state index contributed by atoms with van der Waals surface area (Å²) in [6, 6.07) is 5.64. The maximum atomic E-state index is 12.1. The minimum atomic E-state index is 0.0891. The average Bonchev–Trinajstić information content (AvgIpc) is 3.00. The zero-order valence-corrected chi connectivity index (χ0v) is 12.2. The average molecular weight is 347 g/mol. The van der Waals surface area contributed by atoms with Gasteiger partial charge in [0.15, 0.2) is 0 Å². The minimum Gasteiger partial charge on any atom is -0.341 e. The second-order valence-corrected chi connectivity index (χ2v) is 6.02. The summed E-state index contributed by atoms with van der Waals surface area (Å²) in [6.45, 7) is 0.876. The molecule has 1 aromatic rings. The molecule has 1 fully saturated rings. The summed E-state index contributed by atoms with van der Waals surface area (Å²) >= 11 is 6.80. The van der Waals surface area contributed by atoms with Gasteiger partial charge in [-0.15, -0.1) is 0 Å². The van der Waals surface area contributed by atoms with E-state index in [9.17, 15) is 4.79 Å². The van der Waals surface area contributed by atoms with Crippen LogP contribution in [0.15, 0.2) is 27.1 Å². The molecule has 16 heavy (non-hydrogen) atoms. The first kappa shape index (κ1) is 12.1. The molecule has 1 aliphatic carbocycles. The summed E-state index contributed by atoms with van der Waals surface area (Å²) in [5.41, 5.74) is 0.728. The van der Waals surface area contributed by atoms with Crippen LogP contribution in [-0.4, -0.2) is 24.4 Å². The Morgan fingerprint density at radius 3 is 2.69 bits per heavy atom. The first-order valence-electron chi connectivity index (χ1n) is 5.28. The van der Waals surface area contributed by atoms with Gasteiger partial charge in [0.25, 0.3) is 5.91 Å². The molecule has 2 nitrogen and oxygen atoms in total. The maximum Gasteiger partial charge on any atom is 0.254 e. The Labute approximate surface area is 112 Å². The van der Waals surface area contributed by atoms with E-state index in [4.69, 9.17) is 0 Å². The minimum absolute atomic E-state index is 0.0891. The second kappa shape index (κ2) is 4.88. The van der Waals surface area contributed by atoms with E-state index in [-0.39, 0.29) is 5.91 Å². The van der Waals surface area contributed by atoms with Gasteiger partial charge in [-0.1, -0.05) is 15.9 Å². The summed E-state index contributed by atoms with van der Waals surface area (Å²) in [5.74, 6) is 0.814. The highest BCUT2D eigenvalue weighted by Crippen LogP contribution is 2.30. The van der Waals surface area contributed by atoms with Crippen molar-refractivity contribution in [3.63, 3.8) is 0 Å². The Bertz CT molecular complexity index is 415. The van der Waals surface area contributed by atoms with Crippen molar-refractivity contribution < 1.29 is 4.79 Å². The van der Waals surface area contributed by atoms with Gasteiger partial charge < -0.3 is 4.90 Å². The van der Waals surface area contributed by atoms with Crippen LogP contribution in [0.1, 0.15) is 23.2 Å². The Morgan fingerprint density at radius 2 is 2.12 bits per heavy atom. The number of benzene rings is 1. The molecule has 86 valence electrons. The van der Waals surface area contributed by atoms with E-state index in [1.165, 1.54) is 12.8 Å². The van der Waals surface area contributed by atoms with Crippen LogP contribution >= 0.6 is 31.9 Å². The predicted molar refractivity (Wildman–Crippen MR) is 71.5 cm³/mol. The van der Waals surface area contributed by atoms with Gasteiger partial charge in [-0.25, -0.2) is 0 Å². The molecule has 0 heterocycles. The summed E-state index contributed by atoms with van der Waals surface area (Å²) in [4.78, 5) is 13.9. The van der Waals surface area contributed by atoms with Crippen molar-refractivity contribution in [2.24, 2.45) is 5.92 Å². The second-order valence-electron chi connectivity index (χ2n) is 4.25. The van der Waals surface area contributed by atoms with E-state index >= 15 is 0 Å². The van der Waals surface area contributed by atoms with Gasteiger partial charge >= 0.3 is 0 Å². The van der Waals surface area contributed by atoms with Crippen molar-refractivity contribution in [3.8, 4) is 0 Å². The zero-order chi connectivity index (χ0) is 11.7. The highest BCUT2D eigenvalue weighted by molar-refractivity contribution is 9.11. The normalized spacial score (nSPS) is 14.9. The summed E-state index contributed by atoms with van der Waals surface area (Å²) in [6.07, 6.45) is 2.53. The molecule has 1 saturated carbocycles. The molecule has 0 unspecified atom stereocenters. The lowest BCUT2D eigenvalue weighted by atomic mass is 10.2. The Balaban J connectivity index is 2.12. The molecule has 0 radical (unpaired) electrons. The summed E-state index contributed by atoms with van der Waals surface area (Å²) < 4.78 is 1.82. The maximum absolute atomic E-state index is 12.1. The third-order valence-electron chi connectivity index (χ3n) is 2.74. The van der Waals surface area contributed by atoms with Crippen LogP contribution in [0.2, 0.25) is 0 Å². The van der Waals surface area contributed by atoms with Crippen molar-refractivity contribution in [1.82, 2.24) is 4.90 Å². The Kier molecular flexibility index (Phi) is 3.70. The van der Waals surface area contributed by atoms with E-state index < -0.39 is 0 Å². The van der Waals surface area contributed by atoms with Gasteiger partial charge in [-0.2, -0.15) is 0 Å². The largest absolute Gasteiger partial charge is 0.341 e. The van der Waals surface area contributed by atoms with E-state index in [2.05, 4.69) is 31.9 Å². The molecule has 4 heteroatoms. The van der Waals surface area contributed by atoms with Gasteiger partial charge in [0.1, 0.15) is 0 Å². The van der Waals surface area contributed by atoms with Crippen LogP contribution in [0.5, 0.6) is 0 Å². The molecule has 0 N–H and O–H groups in total. The first-order chi connectivity index (χ1) is 7.58. The van der Waals surface area contributed by atoms with Crippen molar-refractivity contribution in [3.05, 3.63) is 32.7 Å². The van der Waals surface area contributed by atoms with Gasteiger partial charge in [-0.05, 0) is 52.9 Å². The topological polar surface area (TPSA) is 20.3 Å². The fourth-order valence-electron chi connectivity index (χ4n) is 1.64. The molecular weight excluding hydrogens is 334 g/mol. The van der Waals surface area contributed by atoms with Crippen LogP contribution in [0.3, 0.4) is 0 Å². The van der Waals surface area contributed by atoms with Crippen molar-refractivity contribution in [2.75, 3.05) is 13.6 Å². The smallest absolute Gasteiger partial charge is 0.254 e. The van der Waals surface area contributed by atoms with Crippen LogP contribution in [-0.2, 0) is 0 Å². The van der Waals surface area contributed by atoms with Crippen LogP contribution in [0.4, 0.5) is 0 Å². The van der Waals surface area contributed by atoms with Gasteiger partial charge in [0, 0.05) is 22.5 Å². The first-order valence-corrected chi connectivity index (χ1v) is 6.87. The number of nitrogens with zero attached hydrogens (tertiary/aromatic N) is 1. The van der Waals surface area contributed by atoms with E-state index in [1.54, 1.807) is 0 Å². The number of halogens is 2. The lowest BCUT2D eigenvalue weighted by molar-refractivity contribution is 0.0788. The molecule has 0 atom stereocenters. The fourth-order valence-corrected chi connectivity index (χ4v) is 2.86. The quantitative estimate of drug-likeness (QED) is 0.817. The number of amides is 1. The lowest BCUT2D eigenvalue weighted by Gasteiger charge is -2.17. The van der Waals surface area contributed by atoms with Crippen molar-refractivity contribution in [1.29, 1.82) is 0 Å². The Morgan fingerprint density at radius 1 is 1.44 bits per heavy atom. The number of carbonyl (C=O) groups is 1. The molecule has 0 aliphatic heterocycles. The highest BCUT2D eigenvalue weighted by Gasteiger charge is 2.25. The SMILES string of the molecule is CN(CC1CC1)C(=O)c1ccc(Br)cc1Br. The molecule has 0 bridgehead atoms. The molecule has 0 spiro atoms. The van der Waals surface area contributed by atoms with Crippen molar-refractivity contribution >= 4 is 37.8 Å². The summed E-state index contributed by atoms with van der Waals surface area (Å²) in [5, 5.41) is 0. The molecule has 1 aromatic carbocycles.